The van der Waals surface area contributed by atoms with Gasteiger partial charge in [-0.2, -0.15) is 0 Å². The molecule has 1 aliphatic rings. The lowest BCUT2D eigenvalue weighted by atomic mass is 10.0. The standard InChI is InChI=1S/C16H24N2O2/c17-11-12-20-15-8-6-14(7-9-15)18-16(19)10-5-13-3-1-2-4-13/h6-9,13H,1-5,10-12,17H2,(H,18,19). The summed E-state index contributed by atoms with van der Waals surface area (Å²) in [7, 11) is 0. The van der Waals surface area contributed by atoms with Crippen molar-refractivity contribution in [2.45, 2.75) is 38.5 Å². The predicted octanol–water partition coefficient (Wildman–Crippen LogP) is 2.93. The zero-order chi connectivity index (χ0) is 14.2. The molecule has 1 aliphatic carbocycles. The van der Waals surface area contributed by atoms with E-state index in [1.54, 1.807) is 0 Å². The first kappa shape index (κ1) is 14.9. The van der Waals surface area contributed by atoms with Crippen LogP contribution in [0.3, 0.4) is 0 Å². The Morgan fingerprint density at radius 1 is 1.25 bits per heavy atom. The van der Waals surface area contributed by atoms with E-state index in [0.717, 1.165) is 23.8 Å². The Kier molecular flexibility index (Phi) is 5.87. The molecule has 0 heterocycles. The van der Waals surface area contributed by atoms with Gasteiger partial charge in [-0.05, 0) is 36.6 Å². The van der Waals surface area contributed by atoms with Gasteiger partial charge in [-0.1, -0.05) is 25.7 Å². The van der Waals surface area contributed by atoms with Gasteiger partial charge >= 0.3 is 0 Å². The molecule has 4 heteroatoms. The molecule has 0 radical (unpaired) electrons. The smallest absolute Gasteiger partial charge is 0.224 e. The molecule has 3 N–H and O–H groups in total. The highest BCUT2D eigenvalue weighted by Gasteiger charge is 2.16. The van der Waals surface area contributed by atoms with Crippen LogP contribution in [0.1, 0.15) is 38.5 Å². The average molecular weight is 276 g/mol. The summed E-state index contributed by atoms with van der Waals surface area (Å²) in [5.41, 5.74) is 6.20. The summed E-state index contributed by atoms with van der Waals surface area (Å²) in [5, 5.41) is 2.93. The molecule has 0 atom stereocenters. The van der Waals surface area contributed by atoms with Crippen LogP contribution in [0.25, 0.3) is 0 Å². The van der Waals surface area contributed by atoms with Crippen molar-refractivity contribution in [1.82, 2.24) is 0 Å². The minimum atomic E-state index is 0.104. The molecule has 1 amide bonds. The first-order valence-corrected chi connectivity index (χ1v) is 7.50. The highest BCUT2D eigenvalue weighted by atomic mass is 16.5. The molecule has 0 bridgehead atoms. The number of benzene rings is 1. The van der Waals surface area contributed by atoms with Crippen LogP contribution in [0.4, 0.5) is 5.69 Å². The Bertz CT molecular complexity index is 411. The van der Waals surface area contributed by atoms with Crippen LogP contribution < -0.4 is 15.8 Å². The van der Waals surface area contributed by atoms with Gasteiger partial charge in [0.2, 0.25) is 5.91 Å². The van der Waals surface area contributed by atoms with Crippen molar-refractivity contribution in [1.29, 1.82) is 0 Å². The Labute approximate surface area is 120 Å². The van der Waals surface area contributed by atoms with Gasteiger partial charge in [-0.25, -0.2) is 0 Å². The zero-order valence-corrected chi connectivity index (χ0v) is 11.9. The number of ether oxygens (including phenoxy) is 1. The lowest BCUT2D eigenvalue weighted by molar-refractivity contribution is -0.116. The largest absolute Gasteiger partial charge is 0.492 e. The van der Waals surface area contributed by atoms with Crippen molar-refractivity contribution in [3.8, 4) is 5.75 Å². The number of anilines is 1. The molecule has 4 nitrogen and oxygen atoms in total. The summed E-state index contributed by atoms with van der Waals surface area (Å²) in [6.45, 7) is 1.01. The molecule has 1 aromatic carbocycles. The highest BCUT2D eigenvalue weighted by molar-refractivity contribution is 5.90. The lowest BCUT2D eigenvalue weighted by Crippen LogP contribution is -2.13. The third-order valence-electron chi connectivity index (χ3n) is 3.78. The van der Waals surface area contributed by atoms with E-state index < -0.39 is 0 Å². The minimum Gasteiger partial charge on any atom is -0.492 e. The van der Waals surface area contributed by atoms with E-state index in [9.17, 15) is 4.79 Å². The summed E-state index contributed by atoms with van der Waals surface area (Å²) in [5.74, 6) is 1.64. The zero-order valence-electron chi connectivity index (χ0n) is 11.9. The number of nitrogens with two attached hydrogens (primary N) is 1. The summed E-state index contributed by atoms with van der Waals surface area (Å²) >= 11 is 0. The van der Waals surface area contributed by atoms with E-state index in [4.69, 9.17) is 10.5 Å². The minimum absolute atomic E-state index is 0.104. The maximum atomic E-state index is 11.9. The van der Waals surface area contributed by atoms with Gasteiger partial charge in [-0.15, -0.1) is 0 Å². The van der Waals surface area contributed by atoms with E-state index in [2.05, 4.69) is 5.32 Å². The lowest BCUT2D eigenvalue weighted by Gasteiger charge is -2.10. The molecule has 2 rings (SSSR count). The first-order chi connectivity index (χ1) is 9.78. The quantitative estimate of drug-likeness (QED) is 0.804. The molecule has 110 valence electrons. The molecule has 0 aromatic heterocycles. The number of hydrogen-bond acceptors (Lipinski definition) is 3. The molecule has 0 saturated heterocycles. The SMILES string of the molecule is NCCOc1ccc(NC(=O)CCC2CCCC2)cc1. The van der Waals surface area contributed by atoms with Gasteiger partial charge in [0.25, 0.3) is 0 Å². The number of hydrogen-bond donors (Lipinski definition) is 2. The fraction of sp³-hybridized carbons (Fsp3) is 0.562. The Morgan fingerprint density at radius 3 is 2.60 bits per heavy atom. The Hall–Kier alpha value is -1.55. The van der Waals surface area contributed by atoms with E-state index in [-0.39, 0.29) is 5.91 Å². The van der Waals surface area contributed by atoms with Crippen LogP contribution in [0, 0.1) is 5.92 Å². The molecular formula is C16H24N2O2. The molecule has 20 heavy (non-hydrogen) atoms. The summed E-state index contributed by atoms with van der Waals surface area (Å²) in [6.07, 6.45) is 6.88. The monoisotopic (exact) mass is 276 g/mol. The third-order valence-corrected chi connectivity index (χ3v) is 3.78. The van der Waals surface area contributed by atoms with Gasteiger partial charge in [0.1, 0.15) is 12.4 Å². The summed E-state index contributed by atoms with van der Waals surface area (Å²) < 4.78 is 5.39. The van der Waals surface area contributed by atoms with Crippen molar-refractivity contribution in [3.05, 3.63) is 24.3 Å². The van der Waals surface area contributed by atoms with E-state index >= 15 is 0 Å². The molecule has 1 aromatic rings. The summed E-state index contributed by atoms with van der Waals surface area (Å²) in [6, 6.07) is 7.42. The average Bonchev–Trinajstić information content (AvgIpc) is 2.98. The molecule has 1 fully saturated rings. The molecular weight excluding hydrogens is 252 g/mol. The van der Waals surface area contributed by atoms with Crippen molar-refractivity contribution >= 4 is 11.6 Å². The molecule has 0 spiro atoms. The van der Waals surface area contributed by atoms with Crippen LogP contribution >= 0.6 is 0 Å². The second-order valence-electron chi connectivity index (χ2n) is 5.40. The number of amides is 1. The summed E-state index contributed by atoms with van der Waals surface area (Å²) in [4.78, 5) is 11.9. The number of rotatable bonds is 7. The van der Waals surface area contributed by atoms with E-state index in [1.165, 1.54) is 25.7 Å². The van der Waals surface area contributed by atoms with Gasteiger partial charge < -0.3 is 15.8 Å². The number of nitrogens with one attached hydrogen (secondary N) is 1. The van der Waals surface area contributed by atoms with Gasteiger partial charge in [0, 0.05) is 18.7 Å². The topological polar surface area (TPSA) is 64.3 Å². The van der Waals surface area contributed by atoms with Crippen molar-refractivity contribution in [2.24, 2.45) is 11.7 Å². The van der Waals surface area contributed by atoms with Gasteiger partial charge in [-0.3, -0.25) is 4.79 Å². The van der Waals surface area contributed by atoms with Crippen LogP contribution in [0.2, 0.25) is 0 Å². The van der Waals surface area contributed by atoms with E-state index in [0.29, 0.717) is 19.6 Å². The van der Waals surface area contributed by atoms with Crippen LogP contribution in [-0.2, 0) is 4.79 Å². The number of carbonyl (C=O) groups is 1. The molecule has 0 unspecified atom stereocenters. The van der Waals surface area contributed by atoms with Gasteiger partial charge in [0.15, 0.2) is 0 Å². The highest BCUT2D eigenvalue weighted by Crippen LogP contribution is 2.28. The predicted molar refractivity (Wildman–Crippen MR) is 80.8 cm³/mol. The second-order valence-corrected chi connectivity index (χ2v) is 5.40. The Balaban J connectivity index is 1.72. The fourth-order valence-corrected chi connectivity index (χ4v) is 2.67. The third kappa shape index (κ3) is 4.85. The van der Waals surface area contributed by atoms with Crippen LogP contribution in [0.15, 0.2) is 24.3 Å². The van der Waals surface area contributed by atoms with Crippen molar-refractivity contribution < 1.29 is 9.53 Å². The number of carbonyl (C=O) groups excluding carboxylic acids is 1. The normalized spacial score (nSPS) is 15.2. The maximum Gasteiger partial charge on any atom is 0.224 e. The molecule has 0 aliphatic heterocycles. The van der Waals surface area contributed by atoms with Gasteiger partial charge in [0.05, 0.1) is 0 Å². The fourth-order valence-electron chi connectivity index (χ4n) is 2.67. The van der Waals surface area contributed by atoms with Crippen molar-refractivity contribution in [3.63, 3.8) is 0 Å². The maximum absolute atomic E-state index is 11.9. The molecule has 1 saturated carbocycles. The second kappa shape index (κ2) is 7.90. The van der Waals surface area contributed by atoms with Crippen LogP contribution in [-0.4, -0.2) is 19.1 Å². The van der Waals surface area contributed by atoms with E-state index in [1.807, 2.05) is 24.3 Å². The first-order valence-electron chi connectivity index (χ1n) is 7.50. The Morgan fingerprint density at radius 2 is 1.95 bits per heavy atom. The van der Waals surface area contributed by atoms with Crippen molar-refractivity contribution in [2.75, 3.05) is 18.5 Å². The van der Waals surface area contributed by atoms with Crippen LogP contribution in [0.5, 0.6) is 5.75 Å².